The molecule has 0 radical (unpaired) electrons. The number of rotatable bonds is 5. The van der Waals surface area contributed by atoms with Crippen molar-refractivity contribution >= 4 is 5.97 Å². The Bertz CT molecular complexity index is 185. The first-order valence-electron chi connectivity index (χ1n) is 4.64. The molecule has 0 aliphatic rings. The maximum absolute atomic E-state index is 11.0. The van der Waals surface area contributed by atoms with Gasteiger partial charge in [-0.15, -0.1) is 0 Å². The van der Waals surface area contributed by atoms with Crippen molar-refractivity contribution in [2.45, 2.75) is 39.7 Å². The summed E-state index contributed by atoms with van der Waals surface area (Å²) in [7, 11) is 0. The minimum absolute atomic E-state index is 0.303. The van der Waals surface area contributed by atoms with E-state index in [1.807, 2.05) is 13.0 Å². The highest BCUT2D eigenvalue weighted by atomic mass is 16.5. The molecule has 1 atom stereocenters. The standard InChI is InChI=1S/C10H18O3/c1-4-6-7-8(3)9(11)10(12)13-5-2/h7,9,11H,4-6H2,1-3H3/b8-7+. The lowest BCUT2D eigenvalue weighted by Gasteiger charge is -2.09. The Morgan fingerprint density at radius 2 is 2.15 bits per heavy atom. The van der Waals surface area contributed by atoms with Gasteiger partial charge in [0.05, 0.1) is 6.61 Å². The Morgan fingerprint density at radius 1 is 1.54 bits per heavy atom. The van der Waals surface area contributed by atoms with E-state index in [0.29, 0.717) is 12.2 Å². The molecule has 0 fully saturated rings. The van der Waals surface area contributed by atoms with Crippen LogP contribution in [0.5, 0.6) is 0 Å². The molecular weight excluding hydrogens is 168 g/mol. The lowest BCUT2D eigenvalue weighted by Crippen LogP contribution is -2.24. The van der Waals surface area contributed by atoms with Gasteiger partial charge in [-0.3, -0.25) is 0 Å². The summed E-state index contributed by atoms with van der Waals surface area (Å²) >= 11 is 0. The number of esters is 1. The molecule has 3 heteroatoms. The minimum atomic E-state index is -1.09. The maximum atomic E-state index is 11.0. The molecule has 1 N–H and O–H groups in total. The van der Waals surface area contributed by atoms with E-state index in [0.717, 1.165) is 12.8 Å². The molecule has 0 aromatic carbocycles. The Balaban J connectivity index is 4.07. The molecule has 3 nitrogen and oxygen atoms in total. The topological polar surface area (TPSA) is 46.5 Å². The van der Waals surface area contributed by atoms with Crippen LogP contribution in [0.15, 0.2) is 11.6 Å². The first kappa shape index (κ1) is 12.2. The van der Waals surface area contributed by atoms with Crippen LogP contribution in [0.4, 0.5) is 0 Å². The quantitative estimate of drug-likeness (QED) is 0.524. The van der Waals surface area contributed by atoms with Crippen molar-refractivity contribution in [1.29, 1.82) is 0 Å². The number of aliphatic hydroxyl groups excluding tert-OH is 1. The molecule has 0 saturated carbocycles. The van der Waals surface area contributed by atoms with Crippen molar-refractivity contribution in [2.75, 3.05) is 6.61 Å². The lowest BCUT2D eigenvalue weighted by molar-refractivity contribution is -0.150. The molecule has 0 spiro atoms. The Hall–Kier alpha value is -0.830. The zero-order chi connectivity index (χ0) is 10.3. The van der Waals surface area contributed by atoms with Gasteiger partial charge < -0.3 is 9.84 Å². The first-order valence-corrected chi connectivity index (χ1v) is 4.64. The number of ether oxygens (including phenoxy) is 1. The molecule has 76 valence electrons. The number of hydrogen-bond donors (Lipinski definition) is 1. The fourth-order valence-electron chi connectivity index (χ4n) is 0.891. The van der Waals surface area contributed by atoms with Gasteiger partial charge in [-0.05, 0) is 25.8 Å². The second kappa shape index (κ2) is 6.66. The maximum Gasteiger partial charge on any atom is 0.339 e. The Labute approximate surface area is 79.4 Å². The minimum Gasteiger partial charge on any atom is -0.464 e. The number of unbranched alkanes of at least 4 members (excludes halogenated alkanes) is 1. The highest BCUT2D eigenvalue weighted by molar-refractivity contribution is 5.77. The molecule has 0 aromatic rings. The van der Waals surface area contributed by atoms with Crippen LogP contribution >= 0.6 is 0 Å². The van der Waals surface area contributed by atoms with Crippen molar-refractivity contribution in [3.05, 3.63) is 11.6 Å². The van der Waals surface area contributed by atoms with E-state index in [9.17, 15) is 9.90 Å². The average molecular weight is 186 g/mol. The molecule has 0 rings (SSSR count). The molecule has 0 aliphatic heterocycles. The second-order valence-electron chi connectivity index (χ2n) is 2.89. The van der Waals surface area contributed by atoms with Gasteiger partial charge in [0, 0.05) is 0 Å². The fourth-order valence-corrected chi connectivity index (χ4v) is 0.891. The van der Waals surface area contributed by atoms with Gasteiger partial charge >= 0.3 is 5.97 Å². The van der Waals surface area contributed by atoms with E-state index in [2.05, 4.69) is 4.74 Å². The number of carbonyl (C=O) groups excluding carboxylic acids is 1. The molecule has 13 heavy (non-hydrogen) atoms. The van der Waals surface area contributed by atoms with E-state index in [1.54, 1.807) is 13.8 Å². The van der Waals surface area contributed by atoms with E-state index < -0.39 is 12.1 Å². The van der Waals surface area contributed by atoms with Crippen LogP contribution in [0.1, 0.15) is 33.6 Å². The van der Waals surface area contributed by atoms with E-state index >= 15 is 0 Å². The molecule has 0 bridgehead atoms. The van der Waals surface area contributed by atoms with Crippen molar-refractivity contribution in [2.24, 2.45) is 0 Å². The van der Waals surface area contributed by atoms with Gasteiger partial charge in [-0.2, -0.15) is 0 Å². The van der Waals surface area contributed by atoms with Gasteiger partial charge in [-0.25, -0.2) is 4.79 Å². The summed E-state index contributed by atoms with van der Waals surface area (Å²) < 4.78 is 4.67. The third-order valence-electron chi connectivity index (χ3n) is 1.70. The SMILES string of the molecule is CCC/C=C(\C)C(O)C(=O)OCC. The number of aliphatic hydroxyl groups is 1. The second-order valence-corrected chi connectivity index (χ2v) is 2.89. The third kappa shape index (κ3) is 4.68. The van der Waals surface area contributed by atoms with Gasteiger partial charge in [0.1, 0.15) is 0 Å². The summed E-state index contributed by atoms with van der Waals surface area (Å²) in [5.41, 5.74) is 0.667. The molecule has 0 heterocycles. The molecular formula is C10H18O3. The fraction of sp³-hybridized carbons (Fsp3) is 0.700. The van der Waals surface area contributed by atoms with Gasteiger partial charge in [-0.1, -0.05) is 19.4 Å². The number of carbonyl (C=O) groups is 1. The summed E-state index contributed by atoms with van der Waals surface area (Å²) in [6.45, 7) is 5.80. The van der Waals surface area contributed by atoms with Crippen LogP contribution in [0, 0.1) is 0 Å². The smallest absolute Gasteiger partial charge is 0.339 e. The predicted molar refractivity (Wildman–Crippen MR) is 51.3 cm³/mol. The molecule has 0 amide bonds. The predicted octanol–water partition coefficient (Wildman–Crippen LogP) is 1.66. The molecule has 1 unspecified atom stereocenters. The van der Waals surface area contributed by atoms with Crippen molar-refractivity contribution in [3.63, 3.8) is 0 Å². The van der Waals surface area contributed by atoms with E-state index in [-0.39, 0.29) is 0 Å². The average Bonchev–Trinajstić information content (AvgIpc) is 2.13. The van der Waals surface area contributed by atoms with Crippen LogP contribution in [0.3, 0.4) is 0 Å². The largest absolute Gasteiger partial charge is 0.464 e. The van der Waals surface area contributed by atoms with Crippen molar-refractivity contribution < 1.29 is 14.6 Å². The van der Waals surface area contributed by atoms with Crippen LogP contribution in [-0.2, 0) is 9.53 Å². The number of hydrogen-bond acceptors (Lipinski definition) is 3. The summed E-state index contributed by atoms with van der Waals surface area (Å²) in [5, 5.41) is 9.40. The van der Waals surface area contributed by atoms with Gasteiger partial charge in [0.2, 0.25) is 0 Å². The van der Waals surface area contributed by atoms with Crippen molar-refractivity contribution in [1.82, 2.24) is 0 Å². The zero-order valence-electron chi connectivity index (χ0n) is 8.54. The Kier molecular flexibility index (Phi) is 6.24. The highest BCUT2D eigenvalue weighted by Gasteiger charge is 2.17. The van der Waals surface area contributed by atoms with E-state index in [1.165, 1.54) is 0 Å². The van der Waals surface area contributed by atoms with Crippen LogP contribution in [0.2, 0.25) is 0 Å². The molecule has 0 saturated heterocycles. The summed E-state index contributed by atoms with van der Waals surface area (Å²) in [5.74, 6) is -0.563. The third-order valence-corrected chi connectivity index (χ3v) is 1.70. The first-order chi connectivity index (χ1) is 6.13. The van der Waals surface area contributed by atoms with Crippen LogP contribution < -0.4 is 0 Å². The van der Waals surface area contributed by atoms with Crippen LogP contribution in [0.25, 0.3) is 0 Å². The highest BCUT2D eigenvalue weighted by Crippen LogP contribution is 2.05. The van der Waals surface area contributed by atoms with Crippen LogP contribution in [-0.4, -0.2) is 23.8 Å². The summed E-state index contributed by atoms with van der Waals surface area (Å²) in [6, 6.07) is 0. The number of allylic oxidation sites excluding steroid dienone is 1. The van der Waals surface area contributed by atoms with Crippen molar-refractivity contribution in [3.8, 4) is 0 Å². The summed E-state index contributed by atoms with van der Waals surface area (Å²) in [4.78, 5) is 11.0. The normalized spacial score (nSPS) is 14.0. The summed E-state index contributed by atoms with van der Waals surface area (Å²) in [6.07, 6.45) is 2.66. The molecule has 0 aliphatic carbocycles. The zero-order valence-corrected chi connectivity index (χ0v) is 8.54. The molecule has 0 aromatic heterocycles. The lowest BCUT2D eigenvalue weighted by atomic mass is 10.1. The Morgan fingerprint density at radius 3 is 2.62 bits per heavy atom. The van der Waals surface area contributed by atoms with E-state index in [4.69, 9.17) is 0 Å². The monoisotopic (exact) mass is 186 g/mol. The van der Waals surface area contributed by atoms with Gasteiger partial charge in [0.25, 0.3) is 0 Å². The van der Waals surface area contributed by atoms with Gasteiger partial charge in [0.15, 0.2) is 6.10 Å².